The predicted octanol–water partition coefficient (Wildman–Crippen LogP) is 2.06. The number of carbonyl (C=O) groups is 2. The van der Waals surface area contributed by atoms with Crippen molar-refractivity contribution >= 4 is 34.7 Å². The van der Waals surface area contributed by atoms with Crippen molar-refractivity contribution in [3.63, 3.8) is 0 Å². The first-order chi connectivity index (χ1) is 13.0. The Kier molecular flexibility index (Phi) is 4.89. The van der Waals surface area contributed by atoms with Crippen LogP contribution in [0.4, 0.5) is 22.7 Å². The van der Waals surface area contributed by atoms with Gasteiger partial charge in [0, 0.05) is 17.8 Å². The van der Waals surface area contributed by atoms with E-state index in [1.165, 1.54) is 0 Å². The number of nitrogen functional groups attached to an aromatic ring is 1. The van der Waals surface area contributed by atoms with Gasteiger partial charge in [-0.2, -0.15) is 0 Å². The molecule has 0 spiro atoms. The average molecular weight is 392 g/mol. The number of carboxylic acid groups (broad SMARTS) is 2. The molecule has 0 aliphatic rings. The maximum Gasteiger partial charge on any atom is 0.336 e. The predicted molar refractivity (Wildman–Crippen MR) is 90.2 cm³/mol. The summed E-state index contributed by atoms with van der Waals surface area (Å²) >= 11 is 0. The highest BCUT2D eigenvalue weighted by Crippen LogP contribution is 2.44. The zero-order valence-corrected chi connectivity index (χ0v) is 13.4. The van der Waals surface area contributed by atoms with Crippen LogP contribution in [0.3, 0.4) is 0 Å². The van der Waals surface area contributed by atoms with Crippen molar-refractivity contribution in [3.05, 3.63) is 65.7 Å². The Morgan fingerprint density at radius 1 is 0.750 bits per heavy atom. The van der Waals surface area contributed by atoms with Gasteiger partial charge < -0.3 is 15.9 Å². The number of nitro groups is 3. The second-order valence-electron chi connectivity index (χ2n) is 5.23. The smallest absolute Gasteiger partial charge is 0.336 e. The molecule has 0 aliphatic carbocycles. The summed E-state index contributed by atoms with van der Waals surface area (Å²) < 4.78 is 0. The van der Waals surface area contributed by atoms with Crippen LogP contribution in [0.1, 0.15) is 20.7 Å². The molecule has 0 amide bonds. The third kappa shape index (κ3) is 3.36. The number of hydrogen-bond acceptors (Lipinski definition) is 9. The molecule has 2 aromatic rings. The number of non-ortho nitro benzene ring substituents is 1. The second-order valence-corrected chi connectivity index (χ2v) is 5.23. The van der Waals surface area contributed by atoms with Crippen molar-refractivity contribution in [3.8, 4) is 11.1 Å². The molecule has 4 N–H and O–H groups in total. The Morgan fingerprint density at radius 3 is 1.57 bits per heavy atom. The summed E-state index contributed by atoms with van der Waals surface area (Å²) in [6.07, 6.45) is 0. The van der Waals surface area contributed by atoms with Gasteiger partial charge in [0.05, 0.1) is 43.1 Å². The molecule has 0 aromatic heterocycles. The summed E-state index contributed by atoms with van der Waals surface area (Å²) in [5.74, 6) is -3.68. The minimum atomic E-state index is -1.90. The number of aromatic carboxylic acids is 2. The van der Waals surface area contributed by atoms with Crippen LogP contribution in [0.5, 0.6) is 0 Å². The lowest BCUT2D eigenvalue weighted by Crippen LogP contribution is -2.10. The third-order valence-electron chi connectivity index (χ3n) is 3.56. The number of anilines is 1. The zero-order chi connectivity index (χ0) is 21.3. The van der Waals surface area contributed by atoms with Crippen molar-refractivity contribution in [2.24, 2.45) is 0 Å². The minimum Gasteiger partial charge on any atom is -0.478 e. The number of hydrogen-bond donors (Lipinski definition) is 3. The summed E-state index contributed by atoms with van der Waals surface area (Å²) in [5, 5.41) is 52.5. The highest BCUT2D eigenvalue weighted by atomic mass is 16.6. The molecule has 144 valence electrons. The summed E-state index contributed by atoms with van der Waals surface area (Å²) in [7, 11) is 0. The van der Waals surface area contributed by atoms with E-state index in [1.54, 1.807) is 0 Å². The van der Waals surface area contributed by atoms with E-state index in [0.29, 0.717) is 18.2 Å². The Morgan fingerprint density at radius 2 is 1.18 bits per heavy atom. The van der Waals surface area contributed by atoms with Gasteiger partial charge >= 0.3 is 11.9 Å². The average Bonchev–Trinajstić information content (AvgIpc) is 2.59. The fourth-order valence-electron chi connectivity index (χ4n) is 2.52. The highest BCUT2D eigenvalue weighted by Gasteiger charge is 2.35. The quantitative estimate of drug-likeness (QED) is 0.365. The monoisotopic (exact) mass is 392 g/mol. The zero-order valence-electron chi connectivity index (χ0n) is 13.4. The first kappa shape index (κ1) is 19.7. The molecule has 14 heteroatoms. The lowest BCUT2D eigenvalue weighted by molar-refractivity contribution is -0.394. The summed E-state index contributed by atoms with van der Waals surface area (Å²) in [5.41, 5.74) is -1.93. The minimum absolute atomic E-state index is 0.366. The van der Waals surface area contributed by atoms with Gasteiger partial charge in [0.2, 0.25) is 0 Å². The molecule has 0 heterocycles. The first-order valence-corrected chi connectivity index (χ1v) is 6.97. The topological polar surface area (TPSA) is 230 Å². The molecule has 0 radical (unpaired) electrons. The molecule has 0 bridgehead atoms. The Balaban J connectivity index is 3.17. The molecule has 0 atom stereocenters. The molecule has 0 saturated carbocycles. The lowest BCUT2D eigenvalue weighted by Gasteiger charge is -2.12. The van der Waals surface area contributed by atoms with Crippen LogP contribution >= 0.6 is 0 Å². The molecule has 0 aliphatic heterocycles. The van der Waals surface area contributed by atoms with Crippen molar-refractivity contribution in [1.29, 1.82) is 0 Å². The van der Waals surface area contributed by atoms with Crippen LogP contribution in [-0.4, -0.2) is 36.9 Å². The first-order valence-electron chi connectivity index (χ1n) is 6.97. The van der Waals surface area contributed by atoms with E-state index in [2.05, 4.69) is 0 Å². The molecule has 14 nitrogen and oxygen atoms in total. The van der Waals surface area contributed by atoms with Gasteiger partial charge in [0.15, 0.2) is 0 Å². The van der Waals surface area contributed by atoms with Crippen molar-refractivity contribution in [2.75, 3.05) is 5.73 Å². The van der Waals surface area contributed by atoms with E-state index < -0.39 is 66.0 Å². The lowest BCUT2D eigenvalue weighted by atomic mass is 9.91. The summed E-state index contributed by atoms with van der Waals surface area (Å²) in [6.45, 7) is 0. The maximum absolute atomic E-state index is 11.6. The number of nitro benzene ring substituents is 3. The van der Waals surface area contributed by atoms with Crippen LogP contribution in [0, 0.1) is 30.3 Å². The van der Waals surface area contributed by atoms with Gasteiger partial charge in [-0.3, -0.25) is 30.3 Å². The normalized spacial score (nSPS) is 10.3. The molecule has 0 unspecified atom stereocenters. The summed E-state index contributed by atoms with van der Waals surface area (Å²) in [4.78, 5) is 53.5. The standard InChI is InChI=1S/C14H8N4O10/c15-5-1-7(13(19)20)11(9(2-5)17(25)26)12-8(14(21)22)3-6(16(23)24)4-10(12)18(27)28/h1-4H,15H2,(H,19,20)(H,21,22). The molecule has 2 aromatic carbocycles. The second kappa shape index (κ2) is 6.94. The van der Waals surface area contributed by atoms with E-state index in [4.69, 9.17) is 5.73 Å². The van der Waals surface area contributed by atoms with Crippen LogP contribution in [0.2, 0.25) is 0 Å². The molecule has 2 rings (SSSR count). The van der Waals surface area contributed by atoms with Crippen LogP contribution in [0.25, 0.3) is 11.1 Å². The van der Waals surface area contributed by atoms with Gasteiger partial charge in [-0.1, -0.05) is 0 Å². The molecular formula is C14H8N4O10. The third-order valence-corrected chi connectivity index (χ3v) is 3.56. The number of carboxylic acids is 2. The fraction of sp³-hybridized carbons (Fsp3) is 0. The molecule has 28 heavy (non-hydrogen) atoms. The van der Waals surface area contributed by atoms with E-state index in [1.807, 2.05) is 0 Å². The van der Waals surface area contributed by atoms with Gasteiger partial charge in [0.25, 0.3) is 17.1 Å². The van der Waals surface area contributed by atoms with Gasteiger partial charge in [-0.15, -0.1) is 0 Å². The Bertz CT molecular complexity index is 1010. The SMILES string of the molecule is Nc1cc(C(=O)O)c(-c2c(C(=O)O)cc([N+](=O)[O-])cc2[N+](=O)[O-])c([N+](=O)[O-])c1. The van der Waals surface area contributed by atoms with Crippen molar-refractivity contribution < 1.29 is 34.6 Å². The van der Waals surface area contributed by atoms with E-state index in [0.717, 1.165) is 6.07 Å². The largest absolute Gasteiger partial charge is 0.478 e. The van der Waals surface area contributed by atoms with Gasteiger partial charge in [-0.25, -0.2) is 9.59 Å². The van der Waals surface area contributed by atoms with E-state index >= 15 is 0 Å². The molecular weight excluding hydrogens is 384 g/mol. The van der Waals surface area contributed by atoms with Gasteiger partial charge in [-0.05, 0) is 6.07 Å². The molecule has 0 fully saturated rings. The Labute approximate surface area is 152 Å². The highest BCUT2D eigenvalue weighted by molar-refractivity contribution is 6.08. The fourth-order valence-corrected chi connectivity index (χ4v) is 2.52. The van der Waals surface area contributed by atoms with Crippen molar-refractivity contribution in [1.82, 2.24) is 0 Å². The summed E-state index contributed by atoms with van der Waals surface area (Å²) in [6, 6.07) is 2.27. The number of benzene rings is 2. The van der Waals surface area contributed by atoms with Gasteiger partial charge in [0.1, 0.15) is 0 Å². The van der Waals surface area contributed by atoms with E-state index in [9.17, 15) is 50.1 Å². The van der Waals surface area contributed by atoms with Crippen molar-refractivity contribution in [2.45, 2.75) is 0 Å². The maximum atomic E-state index is 11.6. The van der Waals surface area contributed by atoms with E-state index in [-0.39, 0.29) is 5.69 Å². The number of nitrogens with two attached hydrogens (primary N) is 1. The number of nitrogens with zero attached hydrogens (tertiary/aromatic N) is 3. The Hall–Kier alpha value is -4.62. The van der Waals surface area contributed by atoms with Crippen LogP contribution in [-0.2, 0) is 0 Å². The van der Waals surface area contributed by atoms with Crippen LogP contribution < -0.4 is 5.73 Å². The van der Waals surface area contributed by atoms with Crippen LogP contribution in [0.15, 0.2) is 24.3 Å². The number of rotatable bonds is 6. The molecule has 0 saturated heterocycles.